The largest absolute Gasteiger partial charge is 0.393 e. The zero-order valence-electron chi connectivity index (χ0n) is 7.50. The van der Waals surface area contributed by atoms with E-state index in [0.717, 1.165) is 19.3 Å². The van der Waals surface area contributed by atoms with Crippen LogP contribution in [0.2, 0.25) is 0 Å². The van der Waals surface area contributed by atoms with Gasteiger partial charge in [-0.2, -0.15) is 0 Å². The third-order valence-electron chi connectivity index (χ3n) is 4.51. The van der Waals surface area contributed by atoms with E-state index in [2.05, 4.69) is 0 Å². The van der Waals surface area contributed by atoms with Gasteiger partial charge in [0.2, 0.25) is 0 Å². The lowest BCUT2D eigenvalue weighted by atomic mass is 9.92. The Hall–Kier alpha value is -0.120. The maximum absolute atomic E-state index is 9.73. The van der Waals surface area contributed by atoms with Crippen molar-refractivity contribution in [2.75, 3.05) is 0 Å². The van der Waals surface area contributed by atoms with E-state index in [-0.39, 0.29) is 36.1 Å². The zero-order valence-corrected chi connectivity index (χ0v) is 7.50. The van der Waals surface area contributed by atoms with Crippen LogP contribution >= 0.6 is 0 Å². The van der Waals surface area contributed by atoms with Crippen molar-refractivity contribution in [1.29, 1.82) is 0 Å². The van der Waals surface area contributed by atoms with Crippen LogP contribution in [0.25, 0.3) is 0 Å². The van der Waals surface area contributed by atoms with Crippen molar-refractivity contribution in [3.63, 3.8) is 0 Å². The third kappa shape index (κ3) is 0.901. The number of aliphatic hydroxyl groups excluding tert-OH is 3. The summed E-state index contributed by atoms with van der Waals surface area (Å²) in [6, 6.07) is 0. The normalized spacial score (nSPS) is 64.4. The summed E-state index contributed by atoms with van der Waals surface area (Å²) in [6.45, 7) is 0. The first-order valence-corrected chi connectivity index (χ1v) is 5.22. The molecule has 0 bridgehead atoms. The summed E-state index contributed by atoms with van der Waals surface area (Å²) in [5, 5.41) is 29.2. The number of hydrogen-bond donors (Lipinski definition) is 3. The van der Waals surface area contributed by atoms with E-state index in [1.165, 1.54) is 0 Å². The van der Waals surface area contributed by atoms with Crippen LogP contribution in [-0.2, 0) is 0 Å². The Morgan fingerprint density at radius 1 is 0.615 bits per heavy atom. The molecule has 3 heteroatoms. The lowest BCUT2D eigenvalue weighted by molar-refractivity contribution is 0.102. The number of hydrogen-bond acceptors (Lipinski definition) is 3. The van der Waals surface area contributed by atoms with Gasteiger partial charge in [0.05, 0.1) is 18.3 Å². The summed E-state index contributed by atoms with van der Waals surface area (Å²) < 4.78 is 0. The van der Waals surface area contributed by atoms with E-state index in [1.54, 1.807) is 0 Å². The lowest BCUT2D eigenvalue weighted by Crippen LogP contribution is -2.15. The molecule has 0 saturated heterocycles. The Morgan fingerprint density at radius 3 is 1.23 bits per heavy atom. The van der Waals surface area contributed by atoms with Gasteiger partial charge in [-0.1, -0.05) is 0 Å². The van der Waals surface area contributed by atoms with Gasteiger partial charge in [0, 0.05) is 0 Å². The summed E-state index contributed by atoms with van der Waals surface area (Å²) in [5.74, 6) is 1.20. The first kappa shape index (κ1) is 8.21. The van der Waals surface area contributed by atoms with Crippen LogP contribution in [-0.4, -0.2) is 33.6 Å². The predicted octanol–water partition coefficient (Wildman–Crippen LogP) is -0.255. The summed E-state index contributed by atoms with van der Waals surface area (Å²) in [5.41, 5.74) is 0. The van der Waals surface area contributed by atoms with Crippen molar-refractivity contribution >= 4 is 0 Å². The number of rotatable bonds is 0. The molecule has 3 aliphatic carbocycles. The van der Waals surface area contributed by atoms with Crippen LogP contribution in [0.15, 0.2) is 0 Å². The molecule has 0 aromatic heterocycles. The standard InChI is InChI=1S/C10H16O3/c11-7-1-4-8(12)3-6-9(13)2-5(7)10(4)6/h4-13H,1-3H2/t4?,5?,6?,7-,8-,9+,10?/m1/s1. The van der Waals surface area contributed by atoms with E-state index in [1.807, 2.05) is 0 Å². The topological polar surface area (TPSA) is 60.7 Å². The van der Waals surface area contributed by atoms with Gasteiger partial charge in [-0.3, -0.25) is 0 Å². The molecule has 0 spiro atoms. The monoisotopic (exact) mass is 184 g/mol. The third-order valence-corrected chi connectivity index (χ3v) is 4.51. The van der Waals surface area contributed by atoms with Crippen LogP contribution in [0.3, 0.4) is 0 Å². The zero-order chi connectivity index (χ0) is 9.16. The van der Waals surface area contributed by atoms with Gasteiger partial charge in [0.25, 0.3) is 0 Å². The average molecular weight is 184 g/mol. The van der Waals surface area contributed by atoms with Crippen molar-refractivity contribution in [2.24, 2.45) is 23.7 Å². The molecule has 3 aliphatic rings. The highest BCUT2D eigenvalue weighted by atomic mass is 16.3. The van der Waals surface area contributed by atoms with Gasteiger partial charge < -0.3 is 15.3 Å². The molecule has 74 valence electrons. The fourth-order valence-corrected chi connectivity index (χ4v) is 4.03. The van der Waals surface area contributed by atoms with Crippen molar-refractivity contribution in [3.8, 4) is 0 Å². The molecule has 3 fully saturated rings. The smallest absolute Gasteiger partial charge is 0.0576 e. The summed E-state index contributed by atoms with van der Waals surface area (Å²) in [7, 11) is 0. The van der Waals surface area contributed by atoms with Crippen LogP contribution < -0.4 is 0 Å². The van der Waals surface area contributed by atoms with E-state index in [4.69, 9.17) is 0 Å². The van der Waals surface area contributed by atoms with Crippen LogP contribution in [0, 0.1) is 23.7 Å². The Kier molecular flexibility index (Phi) is 1.56. The molecule has 3 rings (SSSR count). The Bertz CT molecular complexity index is 192. The van der Waals surface area contributed by atoms with Crippen LogP contribution in [0.1, 0.15) is 19.3 Å². The molecule has 3 nitrogen and oxygen atoms in total. The van der Waals surface area contributed by atoms with Crippen molar-refractivity contribution < 1.29 is 15.3 Å². The Balaban J connectivity index is 1.94. The molecule has 0 amide bonds. The molecule has 3 saturated carbocycles. The minimum absolute atomic E-state index is 0.266. The first-order valence-electron chi connectivity index (χ1n) is 5.22. The average Bonchev–Trinajstić information content (AvgIpc) is 2.63. The van der Waals surface area contributed by atoms with Crippen molar-refractivity contribution in [1.82, 2.24) is 0 Å². The summed E-state index contributed by atoms with van der Waals surface area (Å²) in [4.78, 5) is 0. The second-order valence-electron chi connectivity index (χ2n) is 4.98. The van der Waals surface area contributed by atoms with E-state index >= 15 is 0 Å². The summed E-state index contributed by atoms with van der Waals surface area (Å²) in [6.07, 6.45) is 1.43. The highest BCUT2D eigenvalue weighted by Crippen LogP contribution is 2.58. The Labute approximate surface area is 77.4 Å². The maximum atomic E-state index is 9.73. The minimum atomic E-state index is -0.274. The van der Waals surface area contributed by atoms with Gasteiger partial charge >= 0.3 is 0 Å². The van der Waals surface area contributed by atoms with E-state index in [9.17, 15) is 15.3 Å². The first-order chi connectivity index (χ1) is 6.18. The maximum Gasteiger partial charge on any atom is 0.0576 e. The molecule has 0 heterocycles. The highest BCUT2D eigenvalue weighted by molar-refractivity contribution is 5.08. The molecule has 0 radical (unpaired) electrons. The fourth-order valence-electron chi connectivity index (χ4n) is 4.03. The SMILES string of the molecule is O[C@@H]1CC2C3C1C[C@H](O)C3C[C@H]2O. The van der Waals surface area contributed by atoms with E-state index < -0.39 is 0 Å². The van der Waals surface area contributed by atoms with Gasteiger partial charge in [-0.15, -0.1) is 0 Å². The lowest BCUT2D eigenvalue weighted by Gasteiger charge is -2.14. The minimum Gasteiger partial charge on any atom is -0.393 e. The molecule has 0 aromatic rings. The van der Waals surface area contributed by atoms with E-state index in [0.29, 0.717) is 5.92 Å². The summed E-state index contributed by atoms with van der Waals surface area (Å²) >= 11 is 0. The second kappa shape index (κ2) is 2.47. The molecule has 4 unspecified atom stereocenters. The predicted molar refractivity (Wildman–Crippen MR) is 45.8 cm³/mol. The van der Waals surface area contributed by atoms with Crippen LogP contribution in [0.5, 0.6) is 0 Å². The molecule has 3 N–H and O–H groups in total. The Morgan fingerprint density at radius 2 is 0.923 bits per heavy atom. The molecule has 0 aliphatic heterocycles. The highest BCUT2D eigenvalue weighted by Gasteiger charge is 2.59. The van der Waals surface area contributed by atoms with Crippen molar-refractivity contribution in [3.05, 3.63) is 0 Å². The second-order valence-corrected chi connectivity index (χ2v) is 4.98. The molecule has 13 heavy (non-hydrogen) atoms. The molecular weight excluding hydrogens is 168 g/mol. The van der Waals surface area contributed by atoms with Crippen molar-refractivity contribution in [2.45, 2.75) is 37.6 Å². The van der Waals surface area contributed by atoms with Crippen LogP contribution in [0.4, 0.5) is 0 Å². The van der Waals surface area contributed by atoms with Gasteiger partial charge in [0.15, 0.2) is 0 Å². The van der Waals surface area contributed by atoms with Gasteiger partial charge in [-0.05, 0) is 42.9 Å². The molecule has 7 atom stereocenters. The van der Waals surface area contributed by atoms with Gasteiger partial charge in [0.1, 0.15) is 0 Å². The number of aliphatic hydroxyl groups is 3. The molecular formula is C10H16O3. The molecule has 0 aromatic carbocycles. The fraction of sp³-hybridized carbons (Fsp3) is 1.00. The van der Waals surface area contributed by atoms with Gasteiger partial charge in [-0.25, -0.2) is 0 Å². The quantitative estimate of drug-likeness (QED) is 0.486.